The standard InChI is InChI=1S/C19H17N5O3S/c1-13(18(25)26-2)28-19-22-21-16(27-19)15-12-20-24(14-8-4-3-5-9-14)17(15)23-10-6-7-11-23/h3-13H,1-2H3. The van der Waals surface area contributed by atoms with E-state index in [1.807, 2.05) is 64.1 Å². The molecule has 4 aromatic rings. The van der Waals surface area contributed by atoms with E-state index in [0.29, 0.717) is 16.7 Å². The summed E-state index contributed by atoms with van der Waals surface area (Å²) in [6.07, 6.45) is 5.53. The van der Waals surface area contributed by atoms with Gasteiger partial charge < -0.3 is 13.7 Å². The van der Waals surface area contributed by atoms with Crippen LogP contribution < -0.4 is 0 Å². The summed E-state index contributed by atoms with van der Waals surface area (Å²) in [5, 5.41) is 12.6. The van der Waals surface area contributed by atoms with Crippen LogP contribution in [-0.4, -0.2) is 42.9 Å². The second-order valence-corrected chi connectivity index (χ2v) is 7.17. The van der Waals surface area contributed by atoms with E-state index >= 15 is 0 Å². The smallest absolute Gasteiger partial charge is 0.319 e. The Labute approximate surface area is 165 Å². The summed E-state index contributed by atoms with van der Waals surface area (Å²) in [7, 11) is 1.35. The Kier molecular flexibility index (Phi) is 4.98. The van der Waals surface area contributed by atoms with Crippen molar-refractivity contribution in [1.29, 1.82) is 0 Å². The highest BCUT2D eigenvalue weighted by Crippen LogP contribution is 2.31. The molecule has 9 heteroatoms. The van der Waals surface area contributed by atoms with Crippen molar-refractivity contribution < 1.29 is 13.9 Å². The molecule has 0 aliphatic carbocycles. The van der Waals surface area contributed by atoms with Gasteiger partial charge in [-0.15, -0.1) is 10.2 Å². The van der Waals surface area contributed by atoms with Gasteiger partial charge in [-0.1, -0.05) is 30.0 Å². The molecule has 1 unspecified atom stereocenters. The van der Waals surface area contributed by atoms with Gasteiger partial charge in [0.15, 0.2) is 5.82 Å². The predicted molar refractivity (Wildman–Crippen MR) is 104 cm³/mol. The summed E-state index contributed by atoms with van der Waals surface area (Å²) in [6, 6.07) is 13.6. The third kappa shape index (κ3) is 3.44. The van der Waals surface area contributed by atoms with E-state index in [1.165, 1.54) is 7.11 Å². The second kappa shape index (κ2) is 7.73. The molecule has 0 amide bonds. The summed E-state index contributed by atoms with van der Waals surface area (Å²) in [4.78, 5) is 11.6. The molecule has 0 aliphatic heterocycles. The van der Waals surface area contributed by atoms with Gasteiger partial charge in [-0.25, -0.2) is 4.68 Å². The first-order chi connectivity index (χ1) is 13.7. The third-order valence-electron chi connectivity index (χ3n) is 4.04. The number of benzene rings is 1. The molecule has 0 fully saturated rings. The first kappa shape index (κ1) is 18.1. The van der Waals surface area contributed by atoms with Gasteiger partial charge in [-0.05, 0) is 31.2 Å². The molecule has 3 heterocycles. The maximum Gasteiger partial charge on any atom is 0.319 e. The van der Waals surface area contributed by atoms with E-state index in [2.05, 4.69) is 15.3 Å². The van der Waals surface area contributed by atoms with Gasteiger partial charge in [0.2, 0.25) is 0 Å². The van der Waals surface area contributed by atoms with Crippen molar-refractivity contribution in [3.63, 3.8) is 0 Å². The Morgan fingerprint density at radius 3 is 2.61 bits per heavy atom. The zero-order valence-electron chi connectivity index (χ0n) is 15.2. The average Bonchev–Trinajstić information content (AvgIpc) is 3.47. The topological polar surface area (TPSA) is 88.0 Å². The van der Waals surface area contributed by atoms with Crippen molar-refractivity contribution in [1.82, 2.24) is 24.5 Å². The summed E-state index contributed by atoms with van der Waals surface area (Å²) in [5.41, 5.74) is 1.59. The van der Waals surface area contributed by atoms with Crippen molar-refractivity contribution in [3.8, 4) is 23.0 Å². The highest BCUT2D eigenvalue weighted by Gasteiger charge is 2.23. The Bertz CT molecular complexity index is 1070. The lowest BCUT2D eigenvalue weighted by Gasteiger charge is -2.09. The van der Waals surface area contributed by atoms with E-state index in [-0.39, 0.29) is 5.97 Å². The summed E-state index contributed by atoms with van der Waals surface area (Å²) in [6.45, 7) is 1.72. The van der Waals surface area contributed by atoms with Crippen LogP contribution in [0.1, 0.15) is 6.92 Å². The molecule has 0 spiro atoms. The zero-order chi connectivity index (χ0) is 19.5. The number of rotatable bonds is 6. The molecule has 4 rings (SSSR count). The van der Waals surface area contributed by atoms with Crippen LogP contribution in [-0.2, 0) is 9.53 Å². The van der Waals surface area contributed by atoms with Crippen LogP contribution in [0.2, 0.25) is 0 Å². The Hall–Kier alpha value is -3.33. The molecule has 0 aliphatic rings. The second-order valence-electron chi connectivity index (χ2n) is 5.88. The van der Waals surface area contributed by atoms with Crippen molar-refractivity contribution >= 4 is 17.7 Å². The van der Waals surface area contributed by atoms with E-state index in [0.717, 1.165) is 23.3 Å². The number of hydrogen-bond acceptors (Lipinski definition) is 7. The quantitative estimate of drug-likeness (QED) is 0.365. The van der Waals surface area contributed by atoms with E-state index in [4.69, 9.17) is 9.15 Å². The predicted octanol–water partition coefficient (Wildman–Crippen LogP) is 3.37. The average molecular weight is 395 g/mol. The maximum absolute atomic E-state index is 11.6. The number of aromatic nitrogens is 5. The lowest BCUT2D eigenvalue weighted by molar-refractivity contribution is -0.139. The molecular weight excluding hydrogens is 378 g/mol. The number of methoxy groups -OCH3 is 1. The number of carbonyl (C=O) groups excluding carboxylic acids is 1. The Balaban J connectivity index is 1.73. The van der Waals surface area contributed by atoms with Crippen molar-refractivity contribution in [2.75, 3.05) is 7.11 Å². The number of hydrogen-bond donors (Lipinski definition) is 0. The molecule has 3 aromatic heterocycles. The first-order valence-corrected chi connectivity index (χ1v) is 9.40. The van der Waals surface area contributed by atoms with Gasteiger partial charge in [0.05, 0.1) is 19.0 Å². The van der Waals surface area contributed by atoms with Gasteiger partial charge >= 0.3 is 5.97 Å². The van der Waals surface area contributed by atoms with Gasteiger partial charge in [0.1, 0.15) is 10.8 Å². The van der Waals surface area contributed by atoms with E-state index in [1.54, 1.807) is 13.1 Å². The zero-order valence-corrected chi connectivity index (χ0v) is 16.0. The molecule has 0 saturated heterocycles. The molecule has 28 heavy (non-hydrogen) atoms. The summed E-state index contributed by atoms with van der Waals surface area (Å²) in [5.74, 6) is 0.748. The minimum absolute atomic E-state index is 0.291. The minimum atomic E-state index is -0.450. The number of ether oxygens (including phenoxy) is 1. The number of thioether (sulfide) groups is 1. The van der Waals surface area contributed by atoms with Crippen LogP contribution in [0, 0.1) is 0 Å². The van der Waals surface area contributed by atoms with Crippen LogP contribution in [0.25, 0.3) is 23.0 Å². The highest BCUT2D eigenvalue weighted by molar-refractivity contribution is 8.00. The Morgan fingerprint density at radius 2 is 1.89 bits per heavy atom. The fourth-order valence-electron chi connectivity index (χ4n) is 2.71. The number of esters is 1. The third-order valence-corrected chi connectivity index (χ3v) is 4.95. The van der Waals surface area contributed by atoms with Crippen molar-refractivity contribution in [3.05, 3.63) is 61.1 Å². The molecule has 0 radical (unpaired) electrons. The largest absolute Gasteiger partial charge is 0.468 e. The maximum atomic E-state index is 11.6. The van der Waals surface area contributed by atoms with Crippen LogP contribution in [0.5, 0.6) is 0 Å². The van der Waals surface area contributed by atoms with Gasteiger partial charge in [-0.2, -0.15) is 5.10 Å². The van der Waals surface area contributed by atoms with Gasteiger partial charge in [0, 0.05) is 12.4 Å². The van der Waals surface area contributed by atoms with Gasteiger partial charge in [0.25, 0.3) is 11.1 Å². The fourth-order valence-corrected chi connectivity index (χ4v) is 3.42. The summed E-state index contributed by atoms with van der Waals surface area (Å²) < 4.78 is 14.3. The molecule has 8 nitrogen and oxygen atoms in total. The number of carbonyl (C=O) groups is 1. The van der Waals surface area contributed by atoms with Crippen LogP contribution in [0.3, 0.4) is 0 Å². The minimum Gasteiger partial charge on any atom is -0.468 e. The monoisotopic (exact) mass is 395 g/mol. The molecule has 0 saturated carbocycles. The van der Waals surface area contributed by atoms with E-state index in [9.17, 15) is 4.79 Å². The molecule has 1 atom stereocenters. The molecular formula is C19H17N5O3S. The highest BCUT2D eigenvalue weighted by atomic mass is 32.2. The lowest BCUT2D eigenvalue weighted by Crippen LogP contribution is -2.14. The van der Waals surface area contributed by atoms with Crippen molar-refractivity contribution in [2.45, 2.75) is 17.4 Å². The van der Waals surface area contributed by atoms with Crippen molar-refractivity contribution in [2.24, 2.45) is 0 Å². The first-order valence-electron chi connectivity index (χ1n) is 8.52. The number of nitrogens with zero attached hydrogens (tertiary/aromatic N) is 5. The van der Waals surface area contributed by atoms with Gasteiger partial charge in [-0.3, -0.25) is 4.79 Å². The fraction of sp³-hybridized carbons (Fsp3) is 0.158. The summed E-state index contributed by atoms with van der Waals surface area (Å²) >= 11 is 1.15. The molecule has 0 N–H and O–H groups in total. The molecule has 142 valence electrons. The molecule has 1 aromatic carbocycles. The molecule has 0 bridgehead atoms. The van der Waals surface area contributed by atoms with Crippen LogP contribution in [0.4, 0.5) is 0 Å². The van der Waals surface area contributed by atoms with Crippen LogP contribution in [0.15, 0.2) is 70.7 Å². The van der Waals surface area contributed by atoms with Crippen LogP contribution >= 0.6 is 11.8 Å². The lowest BCUT2D eigenvalue weighted by atomic mass is 10.3. The SMILES string of the molecule is COC(=O)C(C)Sc1nnc(-c2cnn(-c3ccccc3)c2-n2cccc2)o1. The normalized spacial score (nSPS) is 12.1. The van der Waals surface area contributed by atoms with E-state index < -0.39 is 5.25 Å². The Morgan fingerprint density at radius 1 is 1.14 bits per heavy atom. The number of para-hydroxylation sites is 1.